The molecular formula is C46H54Cl6O4. The van der Waals surface area contributed by atoms with Crippen LogP contribution in [0.1, 0.15) is 101 Å². The number of aryl methyl sites for hydroxylation is 2. The van der Waals surface area contributed by atoms with Gasteiger partial charge < -0.3 is 18.9 Å². The Balaban J connectivity index is 0.00000414. The summed E-state index contributed by atoms with van der Waals surface area (Å²) in [5, 5.41) is 2.88. The Hall–Kier alpha value is -2.70. The van der Waals surface area contributed by atoms with Gasteiger partial charge in [0.1, 0.15) is 11.5 Å². The fourth-order valence-corrected chi connectivity index (χ4v) is 7.88. The zero-order chi connectivity index (χ0) is 41.8. The van der Waals surface area contributed by atoms with Crippen LogP contribution in [-0.4, -0.2) is 26.4 Å². The van der Waals surface area contributed by atoms with Crippen molar-refractivity contribution in [1.29, 1.82) is 0 Å². The normalized spacial score (nSPS) is 11.4. The van der Waals surface area contributed by atoms with Crippen LogP contribution >= 0.6 is 69.6 Å². The van der Waals surface area contributed by atoms with Crippen molar-refractivity contribution in [3.8, 4) is 23.0 Å². The van der Waals surface area contributed by atoms with Crippen LogP contribution in [0.3, 0.4) is 0 Å². The molecule has 0 bridgehead atoms. The van der Waals surface area contributed by atoms with Crippen molar-refractivity contribution in [1.82, 2.24) is 0 Å². The minimum absolute atomic E-state index is 0.413. The summed E-state index contributed by atoms with van der Waals surface area (Å²) in [5.74, 6) is 2.25. The lowest BCUT2D eigenvalue weighted by atomic mass is 9.77. The minimum Gasteiger partial charge on any atom is -0.492 e. The fourth-order valence-electron chi connectivity index (χ4n) is 6.04. The first-order valence-electron chi connectivity index (χ1n) is 18.9. The number of ether oxygens (including phenoxy) is 4. The van der Waals surface area contributed by atoms with Gasteiger partial charge in [0.2, 0.25) is 0 Å². The molecule has 0 aliphatic carbocycles. The third-order valence-corrected chi connectivity index (χ3v) is 11.2. The zero-order valence-corrected chi connectivity index (χ0v) is 38.3. The molecule has 0 N–H and O–H groups in total. The second-order valence-electron chi connectivity index (χ2n) is 14.3. The Labute approximate surface area is 365 Å². The molecule has 56 heavy (non-hydrogen) atoms. The number of rotatable bonds is 19. The summed E-state index contributed by atoms with van der Waals surface area (Å²) in [6.45, 7) is 25.7. The van der Waals surface area contributed by atoms with Gasteiger partial charge in [0.15, 0.2) is 11.5 Å². The molecule has 0 aliphatic rings. The summed E-state index contributed by atoms with van der Waals surface area (Å²) >= 11 is 40.1. The monoisotopic (exact) mass is 880 g/mol. The van der Waals surface area contributed by atoms with Crippen LogP contribution in [0.4, 0.5) is 0 Å². The van der Waals surface area contributed by atoms with E-state index in [0.29, 0.717) is 86.0 Å². The molecule has 0 unspecified atom stereocenters. The number of unbranched alkanes of at least 4 members (excludes halogenated alkanes) is 1. The summed E-state index contributed by atoms with van der Waals surface area (Å²) in [6.07, 6.45) is 6.48. The molecule has 4 aromatic rings. The van der Waals surface area contributed by atoms with Gasteiger partial charge in [0.25, 0.3) is 0 Å². The number of halogens is 6. The topological polar surface area (TPSA) is 36.9 Å². The highest BCUT2D eigenvalue weighted by Gasteiger charge is 2.29. The molecule has 4 nitrogen and oxygen atoms in total. The van der Waals surface area contributed by atoms with E-state index >= 15 is 0 Å². The van der Waals surface area contributed by atoms with Crippen molar-refractivity contribution in [3.05, 3.63) is 137 Å². The zero-order valence-electron chi connectivity index (χ0n) is 33.7. The van der Waals surface area contributed by atoms with Crippen LogP contribution in [0.2, 0.25) is 30.1 Å². The maximum atomic E-state index is 6.80. The van der Waals surface area contributed by atoms with Crippen molar-refractivity contribution < 1.29 is 18.9 Å². The molecule has 4 aromatic carbocycles. The third-order valence-electron chi connectivity index (χ3n) is 9.51. The Morgan fingerprint density at radius 2 is 0.696 bits per heavy atom. The Morgan fingerprint density at radius 3 is 1.00 bits per heavy atom. The highest BCUT2D eigenvalue weighted by Crippen LogP contribution is 2.44. The summed E-state index contributed by atoms with van der Waals surface area (Å²) in [5.41, 5.74) is 4.87. The number of hydrogen-bond acceptors (Lipinski definition) is 4. The van der Waals surface area contributed by atoms with Gasteiger partial charge in [0.05, 0.1) is 56.6 Å². The van der Waals surface area contributed by atoms with E-state index in [0.717, 1.165) is 52.6 Å². The molecule has 304 valence electrons. The minimum atomic E-state index is -0.452. The van der Waals surface area contributed by atoms with Gasteiger partial charge in [-0.05, 0) is 109 Å². The van der Waals surface area contributed by atoms with E-state index in [1.807, 2.05) is 70.2 Å². The second-order valence-corrected chi connectivity index (χ2v) is 16.7. The van der Waals surface area contributed by atoms with Crippen LogP contribution in [0.15, 0.2) is 73.8 Å². The average Bonchev–Trinajstić information content (AvgIpc) is 3.14. The number of benzene rings is 4. The van der Waals surface area contributed by atoms with Gasteiger partial charge >= 0.3 is 0 Å². The standard InChI is InChI=1S/C44H48Cl6O4.C2H6/c1-9-11-15-51-39-27(3)19-29(21-33(39)45)43(5,6)32-25-37(49)42(38(50)26-32)54-18-14-13-17-52-40-28(4)20-30(22-34(40)46)44(7,8)31-23-35(47)41(36(48)24-31)53-16-12-10-2;1-2/h9-10,19-26H,1-2,11-18H2,3-8H3;1-2H3. The van der Waals surface area contributed by atoms with Crippen molar-refractivity contribution in [2.24, 2.45) is 0 Å². The van der Waals surface area contributed by atoms with E-state index in [1.165, 1.54) is 0 Å². The first-order valence-corrected chi connectivity index (χ1v) is 21.1. The van der Waals surface area contributed by atoms with Crippen LogP contribution < -0.4 is 18.9 Å². The maximum Gasteiger partial charge on any atom is 0.156 e. The molecule has 0 heterocycles. The van der Waals surface area contributed by atoms with Gasteiger partial charge in [-0.3, -0.25) is 0 Å². The van der Waals surface area contributed by atoms with E-state index in [9.17, 15) is 0 Å². The summed E-state index contributed by atoms with van der Waals surface area (Å²) in [6, 6.07) is 15.6. The van der Waals surface area contributed by atoms with Crippen LogP contribution in [-0.2, 0) is 10.8 Å². The SMILES string of the molecule is C=CCCOc1c(C)cc(C(C)(C)c2cc(Cl)c(OCCCCOc3c(C)cc(C(C)(C)c4cc(Cl)c(OCCC=C)c(Cl)c4)cc3Cl)c(Cl)c2)cc1Cl.CC. The van der Waals surface area contributed by atoms with Gasteiger partial charge in [-0.2, -0.15) is 0 Å². The molecule has 0 aliphatic heterocycles. The average molecular weight is 884 g/mol. The van der Waals surface area contributed by atoms with Crippen molar-refractivity contribution in [3.63, 3.8) is 0 Å². The first-order chi connectivity index (χ1) is 26.5. The molecule has 4 rings (SSSR count). The van der Waals surface area contributed by atoms with Crippen molar-refractivity contribution in [2.75, 3.05) is 26.4 Å². The predicted octanol–water partition coefficient (Wildman–Crippen LogP) is 16.0. The summed E-state index contributed by atoms with van der Waals surface area (Å²) in [4.78, 5) is 0. The largest absolute Gasteiger partial charge is 0.492 e. The van der Waals surface area contributed by atoms with Gasteiger partial charge in [0, 0.05) is 10.8 Å². The number of hydrogen-bond donors (Lipinski definition) is 0. The highest BCUT2D eigenvalue weighted by molar-refractivity contribution is 6.38. The van der Waals surface area contributed by atoms with E-state index in [4.69, 9.17) is 88.6 Å². The quantitative estimate of drug-likeness (QED) is 0.0694. The molecule has 0 fully saturated rings. The molecule has 0 aromatic heterocycles. The van der Waals surface area contributed by atoms with E-state index < -0.39 is 10.8 Å². The molecule has 0 saturated heterocycles. The molecule has 0 saturated carbocycles. The summed E-state index contributed by atoms with van der Waals surface area (Å²) < 4.78 is 23.9. The molecule has 0 spiro atoms. The lowest BCUT2D eigenvalue weighted by Gasteiger charge is -2.28. The Morgan fingerprint density at radius 1 is 0.446 bits per heavy atom. The molecule has 0 amide bonds. The molecule has 0 atom stereocenters. The van der Waals surface area contributed by atoms with E-state index in [-0.39, 0.29) is 0 Å². The fraction of sp³-hybridized carbons (Fsp3) is 0.391. The lowest BCUT2D eigenvalue weighted by Crippen LogP contribution is -2.20. The highest BCUT2D eigenvalue weighted by atomic mass is 35.5. The second kappa shape index (κ2) is 21.9. The van der Waals surface area contributed by atoms with Crippen molar-refractivity contribution >= 4 is 69.6 Å². The van der Waals surface area contributed by atoms with Gasteiger partial charge in [-0.25, -0.2) is 0 Å². The Kier molecular flexibility index (Phi) is 18.6. The third kappa shape index (κ3) is 11.9. The predicted molar refractivity (Wildman–Crippen MR) is 242 cm³/mol. The van der Waals surface area contributed by atoms with Crippen LogP contribution in [0, 0.1) is 13.8 Å². The summed E-state index contributed by atoms with van der Waals surface area (Å²) in [7, 11) is 0. The molecule has 0 radical (unpaired) electrons. The van der Waals surface area contributed by atoms with Crippen LogP contribution in [0.5, 0.6) is 23.0 Å². The van der Waals surface area contributed by atoms with Crippen LogP contribution in [0.25, 0.3) is 0 Å². The smallest absolute Gasteiger partial charge is 0.156 e. The maximum absolute atomic E-state index is 6.80. The van der Waals surface area contributed by atoms with Gasteiger partial charge in [-0.1, -0.05) is 135 Å². The van der Waals surface area contributed by atoms with E-state index in [2.05, 4.69) is 53.0 Å². The molecular weight excluding hydrogens is 829 g/mol. The first kappa shape index (κ1) is 47.7. The van der Waals surface area contributed by atoms with E-state index in [1.54, 1.807) is 6.08 Å². The van der Waals surface area contributed by atoms with Crippen molar-refractivity contribution in [2.45, 2.75) is 91.9 Å². The van der Waals surface area contributed by atoms with Gasteiger partial charge in [-0.15, -0.1) is 13.2 Å². The molecule has 10 heteroatoms. The Bertz CT molecular complexity index is 1740. The lowest BCUT2D eigenvalue weighted by molar-refractivity contribution is 0.266.